The number of hydrogen-bond acceptors (Lipinski definition) is 3. The van der Waals surface area contributed by atoms with E-state index in [1.165, 1.54) is 12.1 Å². The molecule has 104 valence electrons. The highest BCUT2D eigenvalue weighted by molar-refractivity contribution is 5.53. The largest absolute Gasteiger partial charge is 0.417 e. The summed E-state index contributed by atoms with van der Waals surface area (Å²) in [7, 11) is 3.79. The average Bonchev–Trinajstić information content (AvgIpc) is 2.34. The molecule has 0 spiro atoms. The molecule has 1 rings (SSSR count). The number of halogens is 3. The summed E-state index contributed by atoms with van der Waals surface area (Å²) < 4.78 is 38.3. The molecule has 0 aliphatic carbocycles. The summed E-state index contributed by atoms with van der Waals surface area (Å²) in [6, 6.07) is 5.38. The van der Waals surface area contributed by atoms with E-state index < -0.39 is 11.7 Å². The second-order valence-electron chi connectivity index (χ2n) is 4.56. The number of hydrogen-bond donors (Lipinski definition) is 1. The van der Waals surface area contributed by atoms with Gasteiger partial charge in [-0.1, -0.05) is 0 Å². The lowest BCUT2D eigenvalue weighted by Crippen LogP contribution is -2.31. The van der Waals surface area contributed by atoms with Crippen LogP contribution in [-0.2, 0) is 6.18 Å². The molecule has 1 aromatic rings. The molecule has 0 saturated heterocycles. The summed E-state index contributed by atoms with van der Waals surface area (Å²) in [6.45, 7) is 2.48. The molecule has 0 fully saturated rings. The van der Waals surface area contributed by atoms with Crippen molar-refractivity contribution >= 4 is 5.69 Å². The Morgan fingerprint density at radius 3 is 2.47 bits per heavy atom. The zero-order valence-corrected chi connectivity index (χ0v) is 11.0. The molecule has 1 atom stereocenters. The first-order chi connectivity index (χ1) is 8.75. The number of rotatable bonds is 4. The monoisotopic (exact) mass is 271 g/mol. The van der Waals surface area contributed by atoms with Gasteiger partial charge in [0.1, 0.15) is 0 Å². The first kappa shape index (κ1) is 15.3. The van der Waals surface area contributed by atoms with Crippen molar-refractivity contribution in [3.05, 3.63) is 29.3 Å². The number of anilines is 1. The third-order valence-corrected chi connectivity index (χ3v) is 2.93. The molecule has 0 radical (unpaired) electrons. The van der Waals surface area contributed by atoms with E-state index in [-0.39, 0.29) is 11.6 Å². The molecule has 0 aromatic heterocycles. The molecular weight excluding hydrogens is 255 g/mol. The predicted molar refractivity (Wildman–Crippen MR) is 67.8 cm³/mol. The summed E-state index contributed by atoms with van der Waals surface area (Å²) in [6.07, 6.45) is -4.52. The van der Waals surface area contributed by atoms with Gasteiger partial charge in [0.05, 0.1) is 17.2 Å². The molecular formula is C13H16F3N3. The van der Waals surface area contributed by atoms with Crippen molar-refractivity contribution in [1.29, 1.82) is 5.26 Å². The Morgan fingerprint density at radius 2 is 2.00 bits per heavy atom. The maximum absolute atomic E-state index is 12.8. The van der Waals surface area contributed by atoms with Gasteiger partial charge in [-0.25, -0.2) is 0 Å². The quantitative estimate of drug-likeness (QED) is 0.915. The first-order valence-corrected chi connectivity index (χ1v) is 5.77. The summed E-state index contributed by atoms with van der Waals surface area (Å²) in [5.41, 5.74) is -0.906. The van der Waals surface area contributed by atoms with Gasteiger partial charge in [0.15, 0.2) is 0 Å². The number of nitrogens with one attached hydrogen (secondary N) is 1. The molecule has 19 heavy (non-hydrogen) atoms. The average molecular weight is 271 g/mol. The first-order valence-electron chi connectivity index (χ1n) is 5.77. The Hall–Kier alpha value is -1.74. The third kappa shape index (κ3) is 4.14. The molecule has 0 heterocycles. The van der Waals surface area contributed by atoms with Crippen molar-refractivity contribution in [2.45, 2.75) is 19.1 Å². The molecule has 1 unspecified atom stereocenters. The Balaban J connectivity index is 2.91. The lowest BCUT2D eigenvalue weighted by molar-refractivity contribution is -0.137. The van der Waals surface area contributed by atoms with E-state index in [9.17, 15) is 13.2 Å². The fraction of sp³-hybridized carbons (Fsp3) is 0.462. The molecule has 1 N–H and O–H groups in total. The number of nitriles is 1. The summed E-state index contributed by atoms with van der Waals surface area (Å²) >= 11 is 0. The molecule has 0 aliphatic rings. The van der Waals surface area contributed by atoms with E-state index in [1.54, 1.807) is 6.07 Å². The predicted octanol–water partition coefficient (Wildman–Crippen LogP) is 2.94. The van der Waals surface area contributed by atoms with Crippen LogP contribution >= 0.6 is 0 Å². The van der Waals surface area contributed by atoms with Crippen LogP contribution in [0.4, 0.5) is 18.9 Å². The Bertz CT molecular complexity index is 475. The minimum Gasteiger partial charge on any atom is -0.383 e. The van der Waals surface area contributed by atoms with Gasteiger partial charge in [0, 0.05) is 18.3 Å². The highest BCUT2D eigenvalue weighted by Crippen LogP contribution is 2.33. The number of alkyl halides is 3. The van der Waals surface area contributed by atoms with Crippen LogP contribution in [-0.4, -0.2) is 31.6 Å². The van der Waals surface area contributed by atoms with E-state index in [4.69, 9.17) is 5.26 Å². The van der Waals surface area contributed by atoms with Crippen molar-refractivity contribution in [2.75, 3.05) is 26.0 Å². The van der Waals surface area contributed by atoms with Crippen molar-refractivity contribution in [3.8, 4) is 6.07 Å². The minimum absolute atomic E-state index is 0.185. The Labute approximate surface area is 110 Å². The lowest BCUT2D eigenvalue weighted by Gasteiger charge is -2.21. The summed E-state index contributed by atoms with van der Waals surface area (Å²) in [4.78, 5) is 1.96. The topological polar surface area (TPSA) is 39.1 Å². The van der Waals surface area contributed by atoms with Crippen molar-refractivity contribution in [2.24, 2.45) is 0 Å². The van der Waals surface area contributed by atoms with Gasteiger partial charge in [0.25, 0.3) is 0 Å². The van der Waals surface area contributed by atoms with Gasteiger partial charge in [-0.05, 0) is 39.2 Å². The maximum atomic E-state index is 12.8. The summed E-state index contributed by atoms with van der Waals surface area (Å²) in [5.74, 6) is 0. The summed E-state index contributed by atoms with van der Waals surface area (Å²) in [5, 5.41) is 11.6. The van der Waals surface area contributed by atoms with Gasteiger partial charge in [0.2, 0.25) is 0 Å². The number of benzene rings is 1. The van der Waals surface area contributed by atoms with Crippen LogP contribution in [0, 0.1) is 11.3 Å². The number of nitrogens with zero attached hydrogens (tertiary/aromatic N) is 2. The van der Waals surface area contributed by atoms with E-state index in [2.05, 4.69) is 5.32 Å². The standard InChI is InChI=1S/C13H16F3N3/c1-9(19(2)3)8-18-11-5-4-10(7-17)12(6-11)13(14,15)16/h4-6,9,18H,8H2,1-3H3. The van der Waals surface area contributed by atoms with Gasteiger partial charge in [-0.15, -0.1) is 0 Å². The molecule has 6 heteroatoms. The molecule has 0 amide bonds. The SMILES string of the molecule is CC(CNc1ccc(C#N)c(C(F)(F)F)c1)N(C)C. The molecule has 1 aromatic carbocycles. The van der Waals surface area contributed by atoms with E-state index in [0.29, 0.717) is 12.2 Å². The normalized spacial score (nSPS) is 13.2. The van der Waals surface area contributed by atoms with Crippen molar-refractivity contribution in [3.63, 3.8) is 0 Å². The van der Waals surface area contributed by atoms with Crippen LogP contribution < -0.4 is 5.32 Å². The molecule has 3 nitrogen and oxygen atoms in total. The minimum atomic E-state index is -4.52. The van der Waals surface area contributed by atoms with Crippen LogP contribution in [0.2, 0.25) is 0 Å². The Morgan fingerprint density at radius 1 is 1.37 bits per heavy atom. The van der Waals surface area contributed by atoms with Crippen LogP contribution in [0.5, 0.6) is 0 Å². The highest BCUT2D eigenvalue weighted by atomic mass is 19.4. The lowest BCUT2D eigenvalue weighted by atomic mass is 10.1. The second kappa shape index (κ2) is 5.93. The molecule has 0 aliphatic heterocycles. The number of likely N-dealkylation sites (N-methyl/N-ethyl adjacent to an activating group) is 1. The zero-order valence-electron chi connectivity index (χ0n) is 11.0. The zero-order chi connectivity index (χ0) is 14.6. The third-order valence-electron chi connectivity index (χ3n) is 2.93. The van der Waals surface area contributed by atoms with Gasteiger partial charge in [-0.3, -0.25) is 0 Å². The van der Waals surface area contributed by atoms with E-state index in [1.807, 2.05) is 25.9 Å². The van der Waals surface area contributed by atoms with Crippen molar-refractivity contribution in [1.82, 2.24) is 4.90 Å². The fourth-order valence-corrected chi connectivity index (χ4v) is 1.43. The molecule has 0 saturated carbocycles. The highest BCUT2D eigenvalue weighted by Gasteiger charge is 2.33. The smallest absolute Gasteiger partial charge is 0.383 e. The van der Waals surface area contributed by atoms with Crippen LogP contribution in [0.15, 0.2) is 18.2 Å². The van der Waals surface area contributed by atoms with Crippen LogP contribution in [0.3, 0.4) is 0 Å². The van der Waals surface area contributed by atoms with Gasteiger partial charge >= 0.3 is 6.18 Å². The maximum Gasteiger partial charge on any atom is 0.417 e. The van der Waals surface area contributed by atoms with Crippen molar-refractivity contribution < 1.29 is 13.2 Å². The van der Waals surface area contributed by atoms with Gasteiger partial charge in [-0.2, -0.15) is 18.4 Å². The van der Waals surface area contributed by atoms with Crippen LogP contribution in [0.1, 0.15) is 18.1 Å². The Kier molecular flexibility index (Phi) is 4.78. The van der Waals surface area contributed by atoms with E-state index in [0.717, 1.165) is 6.07 Å². The fourth-order valence-electron chi connectivity index (χ4n) is 1.43. The molecule has 0 bridgehead atoms. The van der Waals surface area contributed by atoms with E-state index >= 15 is 0 Å². The van der Waals surface area contributed by atoms with Crippen LogP contribution in [0.25, 0.3) is 0 Å². The van der Waals surface area contributed by atoms with Gasteiger partial charge < -0.3 is 10.2 Å². The second-order valence-corrected chi connectivity index (χ2v) is 4.56.